The summed E-state index contributed by atoms with van der Waals surface area (Å²) in [4.78, 5) is 28.9. The Hall–Kier alpha value is -1.93. The largest absolute Gasteiger partial charge is 0.481 e. The van der Waals surface area contributed by atoms with E-state index in [-0.39, 0.29) is 25.2 Å². The molecule has 0 fully saturated rings. The SMILES string of the molecule is CCOC(O)C(Cc1cnc[nH]1)NC(=O)CCCC(=O)O. The predicted molar refractivity (Wildman–Crippen MR) is 73.3 cm³/mol. The van der Waals surface area contributed by atoms with Gasteiger partial charge in [0.2, 0.25) is 5.91 Å². The molecule has 21 heavy (non-hydrogen) atoms. The fourth-order valence-electron chi connectivity index (χ4n) is 1.82. The number of amides is 1. The molecule has 4 N–H and O–H groups in total. The summed E-state index contributed by atoms with van der Waals surface area (Å²) in [6.07, 6.45) is 2.59. The van der Waals surface area contributed by atoms with Crippen LogP contribution in [0.25, 0.3) is 0 Å². The molecule has 8 heteroatoms. The highest BCUT2D eigenvalue weighted by Crippen LogP contribution is 2.06. The first kappa shape index (κ1) is 17.1. The van der Waals surface area contributed by atoms with E-state index in [1.54, 1.807) is 13.1 Å². The number of aromatic nitrogens is 2. The molecule has 0 aliphatic heterocycles. The van der Waals surface area contributed by atoms with Gasteiger partial charge in [0.1, 0.15) is 0 Å². The third-order valence-corrected chi connectivity index (χ3v) is 2.82. The molecule has 0 radical (unpaired) electrons. The summed E-state index contributed by atoms with van der Waals surface area (Å²) < 4.78 is 5.11. The van der Waals surface area contributed by atoms with Gasteiger partial charge in [-0.1, -0.05) is 0 Å². The summed E-state index contributed by atoms with van der Waals surface area (Å²) in [5, 5.41) is 21.1. The molecule has 0 bridgehead atoms. The highest BCUT2D eigenvalue weighted by Gasteiger charge is 2.22. The Morgan fingerprint density at radius 2 is 2.24 bits per heavy atom. The minimum atomic E-state index is -1.14. The number of carboxylic acids is 1. The topological polar surface area (TPSA) is 125 Å². The monoisotopic (exact) mass is 299 g/mol. The van der Waals surface area contributed by atoms with Crippen molar-refractivity contribution in [1.82, 2.24) is 15.3 Å². The summed E-state index contributed by atoms with van der Waals surface area (Å²) >= 11 is 0. The number of aliphatic carboxylic acids is 1. The molecule has 0 aliphatic carbocycles. The van der Waals surface area contributed by atoms with Crippen LogP contribution in [0, 0.1) is 0 Å². The number of imidazole rings is 1. The first-order chi connectivity index (χ1) is 10.0. The van der Waals surface area contributed by atoms with Gasteiger partial charge in [-0.05, 0) is 13.3 Å². The Bertz CT molecular complexity index is 435. The number of carbonyl (C=O) groups is 2. The zero-order valence-corrected chi connectivity index (χ0v) is 11.9. The molecule has 0 aromatic carbocycles. The Balaban J connectivity index is 2.51. The second kappa shape index (κ2) is 9.09. The Kier molecular flexibility index (Phi) is 7.41. The maximum Gasteiger partial charge on any atom is 0.303 e. The summed E-state index contributed by atoms with van der Waals surface area (Å²) in [6.45, 7) is 2.06. The van der Waals surface area contributed by atoms with Crippen molar-refractivity contribution in [2.45, 2.75) is 44.9 Å². The van der Waals surface area contributed by atoms with E-state index in [1.807, 2.05) is 0 Å². The number of aliphatic hydroxyl groups excluding tert-OH is 1. The molecule has 1 aromatic heterocycles. The average molecular weight is 299 g/mol. The van der Waals surface area contributed by atoms with E-state index in [1.165, 1.54) is 6.33 Å². The second-order valence-electron chi connectivity index (χ2n) is 4.55. The molecule has 2 atom stereocenters. The van der Waals surface area contributed by atoms with Gasteiger partial charge >= 0.3 is 5.97 Å². The number of nitrogens with one attached hydrogen (secondary N) is 2. The second-order valence-corrected chi connectivity index (χ2v) is 4.55. The Labute approximate surface area is 122 Å². The third kappa shape index (κ3) is 6.87. The van der Waals surface area contributed by atoms with E-state index in [4.69, 9.17) is 9.84 Å². The van der Waals surface area contributed by atoms with Gasteiger partial charge in [-0.25, -0.2) is 4.98 Å². The van der Waals surface area contributed by atoms with E-state index >= 15 is 0 Å². The van der Waals surface area contributed by atoms with E-state index in [0.29, 0.717) is 13.0 Å². The molecule has 1 aromatic rings. The lowest BCUT2D eigenvalue weighted by Gasteiger charge is -2.23. The van der Waals surface area contributed by atoms with Crippen LogP contribution in [0.2, 0.25) is 0 Å². The molecular formula is C13H21N3O5. The van der Waals surface area contributed by atoms with Crippen LogP contribution in [0.4, 0.5) is 0 Å². The van der Waals surface area contributed by atoms with Crippen molar-refractivity contribution in [3.8, 4) is 0 Å². The lowest BCUT2D eigenvalue weighted by Crippen LogP contribution is -2.46. The lowest BCUT2D eigenvalue weighted by atomic mass is 10.1. The number of hydrogen-bond donors (Lipinski definition) is 4. The van der Waals surface area contributed by atoms with Gasteiger partial charge in [0.05, 0.1) is 12.4 Å². The molecule has 2 unspecified atom stereocenters. The molecule has 1 heterocycles. The Morgan fingerprint density at radius 3 is 2.81 bits per heavy atom. The molecule has 0 spiro atoms. The van der Waals surface area contributed by atoms with E-state index in [0.717, 1.165) is 5.69 Å². The number of aliphatic hydroxyl groups is 1. The van der Waals surface area contributed by atoms with Crippen LogP contribution in [0.5, 0.6) is 0 Å². The zero-order chi connectivity index (χ0) is 15.7. The molecule has 118 valence electrons. The molecule has 0 saturated heterocycles. The van der Waals surface area contributed by atoms with Crippen molar-refractivity contribution in [1.29, 1.82) is 0 Å². The van der Waals surface area contributed by atoms with Crippen LogP contribution in [0.15, 0.2) is 12.5 Å². The van der Waals surface area contributed by atoms with E-state index in [9.17, 15) is 14.7 Å². The van der Waals surface area contributed by atoms with Crippen LogP contribution in [0.1, 0.15) is 31.9 Å². The normalized spacial score (nSPS) is 13.6. The van der Waals surface area contributed by atoms with Crippen molar-refractivity contribution >= 4 is 11.9 Å². The fraction of sp³-hybridized carbons (Fsp3) is 0.615. The molecule has 0 aliphatic rings. The summed E-state index contributed by atoms with van der Waals surface area (Å²) in [5.41, 5.74) is 0.754. The van der Waals surface area contributed by atoms with Gasteiger partial charge in [-0.3, -0.25) is 9.59 Å². The van der Waals surface area contributed by atoms with Crippen LogP contribution in [0.3, 0.4) is 0 Å². The molecular weight excluding hydrogens is 278 g/mol. The van der Waals surface area contributed by atoms with Gasteiger partial charge in [0, 0.05) is 37.8 Å². The molecule has 0 saturated carbocycles. The number of carbonyl (C=O) groups excluding carboxylic acids is 1. The van der Waals surface area contributed by atoms with Crippen LogP contribution in [-0.2, 0) is 20.7 Å². The first-order valence-electron chi connectivity index (χ1n) is 6.81. The summed E-state index contributed by atoms with van der Waals surface area (Å²) in [6, 6.07) is -0.622. The quantitative estimate of drug-likeness (QED) is 0.452. The van der Waals surface area contributed by atoms with Crippen LogP contribution in [-0.4, -0.2) is 51.0 Å². The lowest BCUT2D eigenvalue weighted by molar-refractivity contribution is -0.138. The third-order valence-electron chi connectivity index (χ3n) is 2.82. The van der Waals surface area contributed by atoms with Gasteiger partial charge in [0.25, 0.3) is 0 Å². The van der Waals surface area contributed by atoms with Crippen molar-refractivity contribution in [2.24, 2.45) is 0 Å². The maximum absolute atomic E-state index is 11.8. The van der Waals surface area contributed by atoms with E-state index < -0.39 is 18.3 Å². The number of H-pyrrole nitrogens is 1. The number of hydrogen-bond acceptors (Lipinski definition) is 5. The number of ether oxygens (including phenoxy) is 1. The highest BCUT2D eigenvalue weighted by atomic mass is 16.6. The molecule has 1 amide bonds. The minimum absolute atomic E-state index is 0.0628. The average Bonchev–Trinajstić information content (AvgIpc) is 2.90. The minimum Gasteiger partial charge on any atom is -0.481 e. The van der Waals surface area contributed by atoms with Gasteiger partial charge in [0.15, 0.2) is 6.29 Å². The van der Waals surface area contributed by atoms with Crippen LogP contribution < -0.4 is 5.32 Å². The molecule has 8 nitrogen and oxygen atoms in total. The first-order valence-corrected chi connectivity index (χ1v) is 6.81. The number of aromatic amines is 1. The molecule has 1 rings (SSSR count). The maximum atomic E-state index is 11.8. The van der Waals surface area contributed by atoms with Gasteiger partial charge in [-0.2, -0.15) is 0 Å². The number of carboxylic acid groups (broad SMARTS) is 1. The predicted octanol–water partition coefficient (Wildman–Crippen LogP) is 0.0468. The van der Waals surface area contributed by atoms with Crippen molar-refractivity contribution in [3.05, 3.63) is 18.2 Å². The fourth-order valence-corrected chi connectivity index (χ4v) is 1.82. The van der Waals surface area contributed by atoms with Crippen molar-refractivity contribution in [2.75, 3.05) is 6.61 Å². The highest BCUT2D eigenvalue weighted by molar-refractivity contribution is 5.77. The van der Waals surface area contributed by atoms with E-state index in [2.05, 4.69) is 15.3 Å². The van der Waals surface area contributed by atoms with Crippen molar-refractivity contribution < 1.29 is 24.5 Å². The number of nitrogens with zero attached hydrogens (tertiary/aromatic N) is 1. The number of rotatable bonds is 10. The zero-order valence-electron chi connectivity index (χ0n) is 11.9. The van der Waals surface area contributed by atoms with Crippen molar-refractivity contribution in [3.63, 3.8) is 0 Å². The van der Waals surface area contributed by atoms with Gasteiger partial charge < -0.3 is 25.3 Å². The summed E-state index contributed by atoms with van der Waals surface area (Å²) in [5.74, 6) is -1.26. The smallest absolute Gasteiger partial charge is 0.303 e. The standard InChI is InChI=1S/C13H21N3O5/c1-2-21-13(20)10(6-9-7-14-8-15-9)16-11(17)4-3-5-12(18)19/h7-8,10,13,20H,2-6H2,1H3,(H,14,15)(H,16,17)(H,18,19). The Morgan fingerprint density at radius 1 is 1.48 bits per heavy atom. The van der Waals surface area contributed by atoms with Gasteiger partial charge in [-0.15, -0.1) is 0 Å². The summed E-state index contributed by atoms with van der Waals surface area (Å²) in [7, 11) is 0. The van der Waals surface area contributed by atoms with Crippen LogP contribution >= 0.6 is 0 Å².